The van der Waals surface area contributed by atoms with Gasteiger partial charge in [0.15, 0.2) is 17.2 Å². The van der Waals surface area contributed by atoms with E-state index in [1.165, 1.54) is 6.33 Å². The van der Waals surface area contributed by atoms with E-state index >= 15 is 0 Å². The molecule has 0 saturated heterocycles. The predicted molar refractivity (Wildman–Crippen MR) is 113 cm³/mol. The van der Waals surface area contributed by atoms with E-state index in [2.05, 4.69) is 15.0 Å². The number of rotatable bonds is 10. The molecule has 0 aliphatic rings. The van der Waals surface area contributed by atoms with Gasteiger partial charge in [-0.05, 0) is 18.2 Å². The SMILES string of the molecule is COCCOCCOc1cc2ncnc(Oc3c[nH]c4ccccc34)c2cc1OC. The number of para-hydroxylation sites is 1. The average Bonchev–Trinajstić information content (AvgIpc) is 3.19. The Hall–Kier alpha value is -3.36. The van der Waals surface area contributed by atoms with Gasteiger partial charge in [-0.15, -0.1) is 0 Å². The Balaban J connectivity index is 1.57. The second-order valence-electron chi connectivity index (χ2n) is 6.45. The fraction of sp³-hybridized carbons (Fsp3) is 0.273. The van der Waals surface area contributed by atoms with Crippen molar-refractivity contribution in [1.29, 1.82) is 0 Å². The molecule has 0 bridgehead atoms. The molecule has 0 spiro atoms. The summed E-state index contributed by atoms with van der Waals surface area (Å²) in [6, 6.07) is 11.6. The number of nitrogens with one attached hydrogen (secondary N) is 1. The summed E-state index contributed by atoms with van der Waals surface area (Å²) in [7, 11) is 3.23. The van der Waals surface area contributed by atoms with E-state index in [-0.39, 0.29) is 0 Å². The van der Waals surface area contributed by atoms with Crippen molar-refractivity contribution in [2.24, 2.45) is 0 Å². The summed E-state index contributed by atoms with van der Waals surface area (Å²) in [6.07, 6.45) is 3.29. The first-order valence-electron chi connectivity index (χ1n) is 9.56. The van der Waals surface area contributed by atoms with Crippen LogP contribution in [0.25, 0.3) is 21.8 Å². The largest absolute Gasteiger partial charge is 0.493 e. The molecule has 0 saturated carbocycles. The minimum atomic E-state index is 0.384. The number of nitrogens with zero attached hydrogens (tertiary/aromatic N) is 2. The zero-order valence-electron chi connectivity index (χ0n) is 16.9. The molecule has 0 unspecified atom stereocenters. The zero-order chi connectivity index (χ0) is 20.8. The summed E-state index contributed by atoms with van der Waals surface area (Å²) in [5.41, 5.74) is 1.68. The number of methoxy groups -OCH3 is 2. The number of aromatic nitrogens is 3. The highest BCUT2D eigenvalue weighted by atomic mass is 16.5. The zero-order valence-corrected chi connectivity index (χ0v) is 16.9. The summed E-state index contributed by atoms with van der Waals surface area (Å²) in [4.78, 5) is 11.9. The molecule has 0 amide bonds. The molecule has 30 heavy (non-hydrogen) atoms. The third kappa shape index (κ3) is 4.29. The third-order valence-corrected chi connectivity index (χ3v) is 4.56. The highest BCUT2D eigenvalue weighted by Gasteiger charge is 2.14. The van der Waals surface area contributed by atoms with Gasteiger partial charge in [-0.25, -0.2) is 9.97 Å². The molecule has 0 fully saturated rings. The molecule has 0 radical (unpaired) electrons. The van der Waals surface area contributed by atoms with Crippen LogP contribution in [-0.2, 0) is 9.47 Å². The van der Waals surface area contributed by atoms with E-state index < -0.39 is 0 Å². The lowest BCUT2D eigenvalue weighted by molar-refractivity contribution is 0.0540. The molecule has 8 heteroatoms. The molecule has 2 aromatic heterocycles. The molecule has 8 nitrogen and oxygen atoms in total. The number of hydrogen-bond acceptors (Lipinski definition) is 7. The Morgan fingerprint density at radius 2 is 1.73 bits per heavy atom. The van der Waals surface area contributed by atoms with Crippen LogP contribution in [0.3, 0.4) is 0 Å². The van der Waals surface area contributed by atoms with Gasteiger partial charge in [0.1, 0.15) is 12.9 Å². The van der Waals surface area contributed by atoms with Gasteiger partial charge in [-0.2, -0.15) is 0 Å². The number of hydrogen-bond donors (Lipinski definition) is 1. The molecule has 4 rings (SSSR count). The van der Waals surface area contributed by atoms with E-state index in [1.54, 1.807) is 14.2 Å². The Bertz CT molecular complexity index is 1130. The van der Waals surface area contributed by atoms with Crippen molar-refractivity contribution >= 4 is 21.8 Å². The number of aromatic amines is 1. The maximum atomic E-state index is 6.11. The Morgan fingerprint density at radius 1 is 0.867 bits per heavy atom. The number of H-pyrrole nitrogens is 1. The first-order valence-corrected chi connectivity index (χ1v) is 9.56. The minimum Gasteiger partial charge on any atom is -0.493 e. The Morgan fingerprint density at radius 3 is 2.60 bits per heavy atom. The Labute approximate surface area is 173 Å². The van der Waals surface area contributed by atoms with Gasteiger partial charge in [0.2, 0.25) is 5.88 Å². The lowest BCUT2D eigenvalue weighted by Gasteiger charge is -2.13. The maximum absolute atomic E-state index is 6.11. The van der Waals surface area contributed by atoms with E-state index in [1.807, 2.05) is 42.6 Å². The predicted octanol–water partition coefficient (Wildman–Crippen LogP) is 3.95. The van der Waals surface area contributed by atoms with Crippen LogP contribution in [0.15, 0.2) is 48.9 Å². The van der Waals surface area contributed by atoms with Crippen molar-refractivity contribution < 1.29 is 23.7 Å². The van der Waals surface area contributed by atoms with Crippen molar-refractivity contribution in [2.75, 3.05) is 40.6 Å². The number of fused-ring (bicyclic) bond motifs is 2. The fourth-order valence-corrected chi connectivity index (χ4v) is 3.08. The van der Waals surface area contributed by atoms with Gasteiger partial charge in [-0.3, -0.25) is 0 Å². The molecule has 0 atom stereocenters. The fourth-order valence-electron chi connectivity index (χ4n) is 3.08. The molecule has 2 heterocycles. The second kappa shape index (κ2) is 9.43. The van der Waals surface area contributed by atoms with Crippen molar-refractivity contribution in [1.82, 2.24) is 15.0 Å². The molecule has 156 valence electrons. The van der Waals surface area contributed by atoms with Crippen LogP contribution < -0.4 is 14.2 Å². The van der Waals surface area contributed by atoms with Crippen LogP contribution in [0.5, 0.6) is 23.1 Å². The lowest BCUT2D eigenvalue weighted by Crippen LogP contribution is -2.10. The molecule has 2 aromatic carbocycles. The van der Waals surface area contributed by atoms with Crippen molar-refractivity contribution in [3.05, 3.63) is 48.9 Å². The maximum Gasteiger partial charge on any atom is 0.230 e. The van der Waals surface area contributed by atoms with Gasteiger partial charge in [0, 0.05) is 30.3 Å². The number of ether oxygens (including phenoxy) is 5. The van der Waals surface area contributed by atoms with E-state index in [9.17, 15) is 0 Å². The van der Waals surface area contributed by atoms with Gasteiger partial charge in [0.05, 0.1) is 37.8 Å². The van der Waals surface area contributed by atoms with E-state index in [0.717, 1.165) is 16.3 Å². The molecule has 1 N–H and O–H groups in total. The van der Waals surface area contributed by atoms with E-state index in [0.29, 0.717) is 55.1 Å². The summed E-state index contributed by atoms with van der Waals surface area (Å²) < 4.78 is 27.8. The van der Waals surface area contributed by atoms with Crippen LogP contribution in [0.2, 0.25) is 0 Å². The van der Waals surface area contributed by atoms with Gasteiger partial charge in [-0.1, -0.05) is 12.1 Å². The highest BCUT2D eigenvalue weighted by molar-refractivity contribution is 5.89. The number of benzene rings is 2. The van der Waals surface area contributed by atoms with Crippen LogP contribution in [0.4, 0.5) is 0 Å². The van der Waals surface area contributed by atoms with Crippen LogP contribution in [0, 0.1) is 0 Å². The normalized spacial score (nSPS) is 11.1. The summed E-state index contributed by atoms with van der Waals surface area (Å²) in [5.74, 6) is 2.28. The first kappa shape index (κ1) is 19.9. The highest BCUT2D eigenvalue weighted by Crippen LogP contribution is 2.37. The summed E-state index contributed by atoms with van der Waals surface area (Å²) in [6.45, 7) is 1.91. The molecular weight excluding hydrogens is 386 g/mol. The van der Waals surface area contributed by atoms with Crippen LogP contribution >= 0.6 is 0 Å². The molecular formula is C22H23N3O5. The van der Waals surface area contributed by atoms with Gasteiger partial charge < -0.3 is 28.7 Å². The second-order valence-corrected chi connectivity index (χ2v) is 6.45. The summed E-state index contributed by atoms with van der Waals surface area (Å²) >= 11 is 0. The monoisotopic (exact) mass is 409 g/mol. The molecule has 4 aromatic rings. The first-order chi connectivity index (χ1) is 14.8. The third-order valence-electron chi connectivity index (χ3n) is 4.56. The van der Waals surface area contributed by atoms with Crippen LogP contribution in [0.1, 0.15) is 0 Å². The smallest absolute Gasteiger partial charge is 0.230 e. The van der Waals surface area contributed by atoms with Gasteiger partial charge >= 0.3 is 0 Å². The quantitative estimate of drug-likeness (QED) is 0.397. The average molecular weight is 409 g/mol. The lowest BCUT2D eigenvalue weighted by atomic mass is 10.2. The van der Waals surface area contributed by atoms with Crippen molar-refractivity contribution in [3.8, 4) is 23.1 Å². The topological polar surface area (TPSA) is 87.7 Å². The van der Waals surface area contributed by atoms with E-state index in [4.69, 9.17) is 23.7 Å². The molecule has 0 aliphatic carbocycles. The standard InChI is InChI=1S/C22H23N3O5/c1-26-7-8-28-9-10-29-20-12-18-16(11-19(20)27-2)22(25-14-24-18)30-21-13-23-17-6-4-3-5-15(17)21/h3-6,11-14,23H,7-10H2,1-2H3. The van der Waals surface area contributed by atoms with Crippen LogP contribution in [-0.4, -0.2) is 55.6 Å². The Kier molecular flexibility index (Phi) is 6.26. The van der Waals surface area contributed by atoms with Crippen molar-refractivity contribution in [2.45, 2.75) is 0 Å². The van der Waals surface area contributed by atoms with Crippen molar-refractivity contribution in [3.63, 3.8) is 0 Å². The summed E-state index contributed by atoms with van der Waals surface area (Å²) in [5, 5.41) is 1.70. The molecule has 0 aliphatic heterocycles. The minimum absolute atomic E-state index is 0.384. The van der Waals surface area contributed by atoms with Gasteiger partial charge in [0.25, 0.3) is 0 Å².